The van der Waals surface area contributed by atoms with Crippen LogP contribution in [0.3, 0.4) is 0 Å². The van der Waals surface area contributed by atoms with Gasteiger partial charge in [-0.15, -0.1) is 0 Å². The molecule has 4 aromatic rings. The Balaban J connectivity index is 0.00000567. The summed E-state index contributed by atoms with van der Waals surface area (Å²) < 4.78 is 49.4. The number of hydrogen-bond acceptors (Lipinski definition) is 11. The lowest BCUT2D eigenvalue weighted by molar-refractivity contribution is -0.147. The number of carbonyl (C=O) groups excluding carboxylic acids is 3. The highest BCUT2D eigenvalue weighted by atomic mass is 19.2. The highest BCUT2D eigenvalue weighted by Crippen LogP contribution is 2.52. The summed E-state index contributed by atoms with van der Waals surface area (Å²) in [7, 11) is 3.53. The van der Waals surface area contributed by atoms with E-state index in [9.17, 15) is 19.2 Å². The number of esters is 2. The van der Waals surface area contributed by atoms with Gasteiger partial charge in [-0.05, 0) is 69.8 Å². The fraction of sp³-hybridized carbons (Fsp3) is 0.465. The van der Waals surface area contributed by atoms with Crippen molar-refractivity contribution in [3.63, 3.8) is 0 Å². The van der Waals surface area contributed by atoms with Gasteiger partial charge in [0.1, 0.15) is 30.4 Å². The molecule has 2 fully saturated rings. The first-order valence-corrected chi connectivity index (χ1v) is 19.1. The van der Waals surface area contributed by atoms with Crippen molar-refractivity contribution in [3.05, 3.63) is 81.5 Å². The smallest absolute Gasteiger partial charge is 0.414 e. The van der Waals surface area contributed by atoms with Crippen molar-refractivity contribution in [2.24, 2.45) is 17.6 Å². The summed E-state index contributed by atoms with van der Waals surface area (Å²) in [6.07, 6.45) is 3.62. The van der Waals surface area contributed by atoms with Crippen LogP contribution in [0, 0.1) is 23.5 Å². The Kier molecular flexibility index (Phi) is 11.7. The molecule has 3 atom stereocenters. The molecule has 0 spiro atoms. The van der Waals surface area contributed by atoms with Crippen molar-refractivity contribution in [1.82, 2.24) is 14.3 Å². The van der Waals surface area contributed by atoms with Crippen molar-refractivity contribution in [3.8, 4) is 22.3 Å². The molecule has 3 aromatic heterocycles. The number of halogens is 2. The lowest BCUT2D eigenvalue weighted by Gasteiger charge is -2.31. The third-order valence-corrected chi connectivity index (χ3v) is 11.0. The first-order chi connectivity index (χ1) is 26.9. The number of carbonyl (C=O) groups is 3. The molecule has 0 bridgehead atoms. The summed E-state index contributed by atoms with van der Waals surface area (Å²) >= 11 is 0. The number of pyridine rings is 3. The largest absolute Gasteiger partial charge is 0.461 e. The van der Waals surface area contributed by atoms with Crippen molar-refractivity contribution < 1.29 is 37.4 Å². The van der Waals surface area contributed by atoms with Gasteiger partial charge >= 0.3 is 18.0 Å². The molecule has 1 amide bonds. The van der Waals surface area contributed by atoms with Crippen LogP contribution >= 0.6 is 0 Å². The highest BCUT2D eigenvalue weighted by Gasteiger charge is 2.44. The Morgan fingerprint density at radius 1 is 1.05 bits per heavy atom. The molecule has 1 aliphatic carbocycles. The lowest BCUT2D eigenvalue weighted by Crippen LogP contribution is -2.37. The summed E-state index contributed by atoms with van der Waals surface area (Å²) in [5, 5.41) is 0. The van der Waals surface area contributed by atoms with E-state index in [1.165, 1.54) is 22.4 Å². The molecule has 1 aromatic carbocycles. The van der Waals surface area contributed by atoms with Crippen LogP contribution in [0.4, 0.5) is 25.0 Å². The van der Waals surface area contributed by atoms with Gasteiger partial charge in [0.25, 0.3) is 5.56 Å². The average molecular weight is 803 g/mol. The van der Waals surface area contributed by atoms with Crippen molar-refractivity contribution in [2.45, 2.75) is 72.6 Å². The molecule has 58 heavy (non-hydrogen) atoms. The van der Waals surface area contributed by atoms with Gasteiger partial charge in [0.15, 0.2) is 11.6 Å². The Hall–Kier alpha value is -5.41. The van der Waals surface area contributed by atoms with Crippen LogP contribution in [0.5, 0.6) is 0 Å². The minimum Gasteiger partial charge on any atom is -0.461 e. The average Bonchev–Trinajstić information content (AvgIpc) is 3.85. The van der Waals surface area contributed by atoms with Crippen LogP contribution in [-0.2, 0) is 25.4 Å². The summed E-state index contributed by atoms with van der Waals surface area (Å²) in [4.78, 5) is 62.8. The van der Waals surface area contributed by atoms with Crippen LogP contribution < -0.4 is 21.1 Å². The van der Waals surface area contributed by atoms with Gasteiger partial charge in [-0.25, -0.2) is 18.4 Å². The second-order valence-electron chi connectivity index (χ2n) is 16.5. The van der Waals surface area contributed by atoms with E-state index >= 15 is 8.78 Å². The van der Waals surface area contributed by atoms with Gasteiger partial charge < -0.3 is 29.7 Å². The van der Waals surface area contributed by atoms with Gasteiger partial charge in [-0.2, -0.15) is 0 Å². The molecule has 2 aliphatic heterocycles. The molecular weight excluding hydrogens is 751 g/mol. The van der Waals surface area contributed by atoms with Gasteiger partial charge in [0.05, 0.1) is 17.1 Å². The number of anilines is 2. The van der Waals surface area contributed by atoms with Crippen LogP contribution in [0.15, 0.2) is 47.5 Å². The standard InChI is InChI=1S/C42H48F2N6O7.CH4/c1-22(2)36(45)40(53)56-15-14-55-39(52)26-11-10-25-9-8-23(20-50(25)38(26)51)28-18-46-30-16-27-31(48(7)41(54)57-42(3,4)5)17-29(43)35(44)33(27)34(30)37(28)49-13-12-24-19-47(6)21-32(24)49;/h8-11,17-18,20,22,24,32,36H,12-16,19,21,45H2,1-7H3;1H4/t24-,32+,36-;/m0./s1. The van der Waals surface area contributed by atoms with Crippen molar-refractivity contribution in [2.75, 3.05) is 56.7 Å². The van der Waals surface area contributed by atoms with E-state index < -0.39 is 46.9 Å². The van der Waals surface area contributed by atoms with E-state index in [-0.39, 0.29) is 55.8 Å². The molecular formula is C43H52F2N6O7. The maximum atomic E-state index is 16.3. The summed E-state index contributed by atoms with van der Waals surface area (Å²) in [6, 6.07) is 6.84. The molecule has 13 nitrogen and oxygen atoms in total. The second-order valence-corrected chi connectivity index (χ2v) is 16.5. The Morgan fingerprint density at radius 2 is 1.76 bits per heavy atom. The fourth-order valence-electron chi connectivity index (χ4n) is 8.11. The van der Waals surface area contributed by atoms with E-state index in [0.717, 1.165) is 25.6 Å². The number of rotatable bonds is 9. The first-order valence-electron chi connectivity index (χ1n) is 19.1. The summed E-state index contributed by atoms with van der Waals surface area (Å²) in [5.41, 5.74) is 8.03. The topological polar surface area (TPSA) is 149 Å². The highest BCUT2D eigenvalue weighted by molar-refractivity contribution is 5.99. The lowest BCUT2D eigenvalue weighted by atomic mass is 9.96. The molecule has 0 radical (unpaired) electrons. The Bertz CT molecular complexity index is 2340. The molecule has 5 heterocycles. The molecule has 2 N–H and O–H groups in total. The van der Waals surface area contributed by atoms with Gasteiger partial charge in [-0.3, -0.25) is 23.9 Å². The van der Waals surface area contributed by atoms with Crippen LogP contribution in [0.1, 0.15) is 70.1 Å². The Morgan fingerprint density at radius 3 is 2.47 bits per heavy atom. The molecule has 0 saturated carbocycles. The number of amides is 1. The number of likely N-dealkylation sites (tertiary alicyclic amines) is 1. The van der Waals surface area contributed by atoms with E-state index in [1.54, 1.807) is 59.1 Å². The maximum Gasteiger partial charge on any atom is 0.414 e. The predicted octanol–water partition coefficient (Wildman–Crippen LogP) is 6.04. The molecule has 0 unspecified atom stereocenters. The summed E-state index contributed by atoms with van der Waals surface area (Å²) in [6.45, 7) is 10.6. The number of nitrogens with two attached hydrogens (primary N) is 1. The zero-order chi connectivity index (χ0) is 41.1. The number of aromatic nitrogens is 2. The monoisotopic (exact) mass is 802 g/mol. The molecule has 310 valence electrons. The zero-order valence-corrected chi connectivity index (χ0v) is 33.2. The van der Waals surface area contributed by atoms with Gasteiger partial charge in [0.2, 0.25) is 0 Å². The first kappa shape index (κ1) is 42.2. The number of nitrogens with zero attached hydrogens (tertiary/aromatic N) is 5. The Labute approximate surface area is 336 Å². The second kappa shape index (κ2) is 16.1. The number of benzene rings is 1. The van der Waals surface area contributed by atoms with E-state index in [4.69, 9.17) is 24.9 Å². The SMILES string of the molecule is C.CC(C)[C@H](N)C(=O)OCCOC(=O)c1ccc2ccc(-c3cnc4c(c3N3CC[C@H]5CN(C)C[C@H]53)-c3c(F)c(F)cc(N(C)C(=O)OC(C)(C)C)c3C4)cn2c1=O. The van der Waals surface area contributed by atoms with E-state index in [2.05, 4.69) is 16.8 Å². The molecule has 3 aliphatic rings. The van der Waals surface area contributed by atoms with Crippen LogP contribution in [0.25, 0.3) is 27.8 Å². The quantitative estimate of drug-likeness (QED) is 0.106. The van der Waals surface area contributed by atoms with E-state index in [0.29, 0.717) is 51.6 Å². The zero-order valence-electron chi connectivity index (χ0n) is 33.2. The van der Waals surface area contributed by atoms with Crippen LogP contribution in [-0.4, -0.2) is 96.9 Å². The number of fused-ring (bicyclic) bond motifs is 5. The third kappa shape index (κ3) is 7.76. The summed E-state index contributed by atoms with van der Waals surface area (Å²) in [5.74, 6) is -3.44. The normalized spacial score (nSPS) is 17.7. The van der Waals surface area contributed by atoms with Crippen LogP contribution in [0.2, 0.25) is 0 Å². The number of ether oxygens (including phenoxy) is 3. The fourth-order valence-corrected chi connectivity index (χ4v) is 8.11. The number of likely N-dealkylation sites (N-methyl/N-ethyl adjacent to an activating group) is 1. The maximum absolute atomic E-state index is 16.3. The van der Waals surface area contributed by atoms with Gasteiger partial charge in [0, 0.05) is 85.4 Å². The number of hydrogen-bond donors (Lipinski definition) is 1. The van der Waals surface area contributed by atoms with Crippen molar-refractivity contribution in [1.29, 1.82) is 0 Å². The molecule has 15 heteroatoms. The molecule has 7 rings (SSSR count). The van der Waals surface area contributed by atoms with Crippen molar-refractivity contribution >= 4 is 34.9 Å². The minimum absolute atomic E-state index is 0. The van der Waals surface area contributed by atoms with Gasteiger partial charge in [-0.1, -0.05) is 27.3 Å². The predicted molar refractivity (Wildman–Crippen MR) is 217 cm³/mol. The van der Waals surface area contributed by atoms with E-state index in [1.807, 2.05) is 6.07 Å². The third-order valence-electron chi connectivity index (χ3n) is 11.0. The minimum atomic E-state index is -1.11. The molecule has 2 saturated heterocycles.